The molecule has 1 aromatic heterocycles. The Hall–Kier alpha value is -0.830. The summed E-state index contributed by atoms with van der Waals surface area (Å²) in [5, 5.41) is 4.05. The zero-order chi connectivity index (χ0) is 10.6. The van der Waals surface area contributed by atoms with Crippen LogP contribution in [0, 0.1) is 0 Å². The highest BCUT2D eigenvalue weighted by Gasteiger charge is 2.14. The van der Waals surface area contributed by atoms with Gasteiger partial charge in [0.2, 0.25) is 0 Å². The number of rotatable bonds is 5. The van der Waals surface area contributed by atoms with Gasteiger partial charge in [0.05, 0.1) is 11.7 Å². The highest BCUT2D eigenvalue weighted by atomic mass is 16.5. The molecule has 2 unspecified atom stereocenters. The van der Waals surface area contributed by atoms with Crippen molar-refractivity contribution in [2.45, 2.75) is 52.0 Å². The summed E-state index contributed by atoms with van der Waals surface area (Å²) in [7, 11) is 0. The van der Waals surface area contributed by atoms with Crippen LogP contribution in [0.25, 0.3) is 0 Å². The van der Waals surface area contributed by atoms with E-state index in [4.69, 9.17) is 10.3 Å². The molecule has 0 fully saturated rings. The van der Waals surface area contributed by atoms with E-state index in [0.717, 1.165) is 24.3 Å². The number of aromatic nitrogens is 1. The fourth-order valence-electron chi connectivity index (χ4n) is 1.49. The summed E-state index contributed by atoms with van der Waals surface area (Å²) < 4.78 is 5.21. The molecule has 0 spiro atoms. The van der Waals surface area contributed by atoms with Crippen LogP contribution in [-0.4, -0.2) is 5.16 Å². The summed E-state index contributed by atoms with van der Waals surface area (Å²) in [4.78, 5) is 0. The van der Waals surface area contributed by atoms with E-state index in [2.05, 4.69) is 19.0 Å². The topological polar surface area (TPSA) is 52.0 Å². The molecule has 3 heteroatoms. The molecule has 0 bridgehead atoms. The smallest absolute Gasteiger partial charge is 0.153 e. The second kappa shape index (κ2) is 5.15. The Kier molecular flexibility index (Phi) is 4.14. The van der Waals surface area contributed by atoms with Gasteiger partial charge in [0.1, 0.15) is 0 Å². The van der Waals surface area contributed by atoms with E-state index in [9.17, 15) is 0 Å². The molecular weight excluding hydrogens is 176 g/mol. The fraction of sp³-hybridized carbons (Fsp3) is 0.727. The van der Waals surface area contributed by atoms with Crippen LogP contribution in [0.4, 0.5) is 0 Å². The third kappa shape index (κ3) is 2.58. The van der Waals surface area contributed by atoms with E-state index >= 15 is 0 Å². The van der Waals surface area contributed by atoms with Crippen molar-refractivity contribution in [3.63, 3.8) is 0 Å². The second-order valence-corrected chi connectivity index (χ2v) is 3.86. The van der Waals surface area contributed by atoms with Gasteiger partial charge in [0.15, 0.2) is 5.76 Å². The average Bonchev–Trinajstić information content (AvgIpc) is 2.66. The minimum Gasteiger partial charge on any atom is -0.359 e. The zero-order valence-electron chi connectivity index (χ0n) is 9.29. The van der Waals surface area contributed by atoms with Crippen LogP contribution in [0.2, 0.25) is 0 Å². The van der Waals surface area contributed by atoms with Crippen molar-refractivity contribution in [3.05, 3.63) is 17.5 Å². The molecule has 0 aliphatic rings. The van der Waals surface area contributed by atoms with Crippen molar-refractivity contribution in [3.8, 4) is 0 Å². The molecule has 0 radical (unpaired) electrons. The lowest BCUT2D eigenvalue weighted by atomic mass is 10.0. The predicted molar refractivity (Wildman–Crippen MR) is 57.0 cm³/mol. The van der Waals surface area contributed by atoms with Crippen LogP contribution in [0.5, 0.6) is 0 Å². The lowest BCUT2D eigenvalue weighted by Crippen LogP contribution is -2.07. The van der Waals surface area contributed by atoms with Crippen LogP contribution >= 0.6 is 0 Å². The summed E-state index contributed by atoms with van der Waals surface area (Å²) in [5.74, 6) is 1.28. The summed E-state index contributed by atoms with van der Waals surface area (Å²) in [6, 6.07) is 1.99. The first-order valence-electron chi connectivity index (χ1n) is 5.41. The minimum atomic E-state index is -0.00919. The molecule has 2 N–H and O–H groups in total. The molecule has 1 heterocycles. The molecule has 3 nitrogen and oxygen atoms in total. The van der Waals surface area contributed by atoms with E-state index in [-0.39, 0.29) is 6.04 Å². The maximum Gasteiger partial charge on any atom is 0.153 e. The molecule has 1 rings (SSSR count). The number of nitrogens with zero attached hydrogens (tertiary/aromatic N) is 1. The van der Waals surface area contributed by atoms with Crippen LogP contribution < -0.4 is 5.73 Å². The molecule has 2 atom stereocenters. The molecule has 0 aliphatic carbocycles. The van der Waals surface area contributed by atoms with Gasteiger partial charge in [-0.25, -0.2) is 0 Å². The van der Waals surface area contributed by atoms with Crippen LogP contribution in [0.1, 0.15) is 63.4 Å². The maximum absolute atomic E-state index is 5.85. The Morgan fingerprint density at radius 1 is 1.50 bits per heavy atom. The standard InChI is InChI=1S/C11H20N2O/c1-4-6-8(3)10-7-11(14-13-10)9(12)5-2/h7-9H,4-6,12H2,1-3H3. The van der Waals surface area contributed by atoms with Gasteiger partial charge in [0, 0.05) is 12.0 Å². The van der Waals surface area contributed by atoms with Crippen molar-refractivity contribution in [1.82, 2.24) is 5.16 Å². The molecule has 0 aromatic carbocycles. The third-order valence-electron chi connectivity index (χ3n) is 2.58. The molecular formula is C11H20N2O. The Morgan fingerprint density at radius 2 is 2.21 bits per heavy atom. The van der Waals surface area contributed by atoms with E-state index in [1.54, 1.807) is 0 Å². The van der Waals surface area contributed by atoms with Crippen LogP contribution in [-0.2, 0) is 0 Å². The third-order valence-corrected chi connectivity index (χ3v) is 2.58. The molecule has 1 aromatic rings. The largest absolute Gasteiger partial charge is 0.359 e. The Bertz CT molecular complexity index is 270. The first kappa shape index (κ1) is 11.2. The fourth-order valence-corrected chi connectivity index (χ4v) is 1.49. The van der Waals surface area contributed by atoms with Gasteiger partial charge >= 0.3 is 0 Å². The SMILES string of the molecule is CCCC(C)c1cc(C(N)CC)on1. The van der Waals surface area contributed by atoms with Crippen molar-refractivity contribution in [1.29, 1.82) is 0 Å². The van der Waals surface area contributed by atoms with E-state index < -0.39 is 0 Å². The molecule has 0 saturated carbocycles. The highest BCUT2D eigenvalue weighted by molar-refractivity contribution is 5.12. The summed E-state index contributed by atoms with van der Waals surface area (Å²) in [6.07, 6.45) is 3.20. The number of hydrogen-bond donors (Lipinski definition) is 1. The van der Waals surface area contributed by atoms with E-state index in [0.29, 0.717) is 5.92 Å². The maximum atomic E-state index is 5.85. The van der Waals surface area contributed by atoms with Crippen molar-refractivity contribution < 1.29 is 4.52 Å². The minimum absolute atomic E-state index is 0.00919. The van der Waals surface area contributed by atoms with Gasteiger partial charge in [-0.2, -0.15) is 0 Å². The molecule has 0 saturated heterocycles. The van der Waals surface area contributed by atoms with Crippen LogP contribution in [0.3, 0.4) is 0 Å². The number of hydrogen-bond acceptors (Lipinski definition) is 3. The van der Waals surface area contributed by atoms with E-state index in [1.165, 1.54) is 6.42 Å². The van der Waals surface area contributed by atoms with Crippen molar-refractivity contribution in [2.75, 3.05) is 0 Å². The van der Waals surface area contributed by atoms with E-state index in [1.807, 2.05) is 13.0 Å². The van der Waals surface area contributed by atoms with Gasteiger partial charge in [0.25, 0.3) is 0 Å². The van der Waals surface area contributed by atoms with Crippen molar-refractivity contribution in [2.24, 2.45) is 5.73 Å². The van der Waals surface area contributed by atoms with Gasteiger partial charge in [-0.1, -0.05) is 32.3 Å². The van der Waals surface area contributed by atoms with Crippen LogP contribution in [0.15, 0.2) is 10.6 Å². The summed E-state index contributed by atoms with van der Waals surface area (Å²) in [6.45, 7) is 6.39. The van der Waals surface area contributed by atoms with Gasteiger partial charge in [-0.05, 0) is 12.8 Å². The molecule has 80 valence electrons. The second-order valence-electron chi connectivity index (χ2n) is 3.86. The lowest BCUT2D eigenvalue weighted by Gasteiger charge is -2.04. The Labute approximate surface area is 85.7 Å². The average molecular weight is 196 g/mol. The van der Waals surface area contributed by atoms with Gasteiger partial charge in [-0.15, -0.1) is 0 Å². The monoisotopic (exact) mass is 196 g/mol. The van der Waals surface area contributed by atoms with Crippen molar-refractivity contribution >= 4 is 0 Å². The molecule has 0 aliphatic heterocycles. The summed E-state index contributed by atoms with van der Waals surface area (Å²) >= 11 is 0. The van der Waals surface area contributed by atoms with Gasteiger partial charge in [-0.3, -0.25) is 0 Å². The Balaban J connectivity index is 2.67. The Morgan fingerprint density at radius 3 is 2.79 bits per heavy atom. The normalized spacial score (nSPS) is 15.4. The first-order valence-corrected chi connectivity index (χ1v) is 5.41. The predicted octanol–water partition coefficient (Wildman–Crippen LogP) is 2.99. The molecule has 0 amide bonds. The molecule has 14 heavy (non-hydrogen) atoms. The lowest BCUT2D eigenvalue weighted by molar-refractivity contribution is 0.350. The first-order chi connectivity index (χ1) is 6.69. The number of nitrogens with two attached hydrogens (primary N) is 1. The zero-order valence-corrected chi connectivity index (χ0v) is 9.29. The quantitative estimate of drug-likeness (QED) is 0.787. The van der Waals surface area contributed by atoms with Gasteiger partial charge < -0.3 is 10.3 Å². The highest BCUT2D eigenvalue weighted by Crippen LogP contribution is 2.23. The summed E-state index contributed by atoms with van der Waals surface area (Å²) in [5.41, 5.74) is 6.88.